The predicted octanol–water partition coefficient (Wildman–Crippen LogP) is 4.03. The van der Waals surface area contributed by atoms with Crippen LogP contribution in [0.15, 0.2) is 42.6 Å². The number of benzene rings is 1. The maximum Gasteiger partial charge on any atom is 0.0682 e. The number of hydrogen-bond donors (Lipinski definition) is 0. The summed E-state index contributed by atoms with van der Waals surface area (Å²) in [5.74, 6) is 0. The SMILES string of the molecule is C=C(C)CCn1ncc2ccccc21.CC. The Bertz CT molecular complexity index is 454. The molecule has 2 heteroatoms. The van der Waals surface area contributed by atoms with Crippen molar-refractivity contribution in [3.63, 3.8) is 0 Å². The van der Waals surface area contributed by atoms with Gasteiger partial charge in [0, 0.05) is 11.9 Å². The Balaban J connectivity index is 0.000000606. The van der Waals surface area contributed by atoms with Gasteiger partial charge in [0.05, 0.1) is 11.7 Å². The zero-order valence-corrected chi connectivity index (χ0v) is 10.4. The van der Waals surface area contributed by atoms with Crippen molar-refractivity contribution in [2.75, 3.05) is 0 Å². The Hall–Kier alpha value is -1.57. The molecule has 16 heavy (non-hydrogen) atoms. The lowest BCUT2D eigenvalue weighted by Gasteiger charge is -2.02. The molecule has 1 heterocycles. The van der Waals surface area contributed by atoms with Gasteiger partial charge in [0.25, 0.3) is 0 Å². The third-order valence-electron chi connectivity index (χ3n) is 2.30. The van der Waals surface area contributed by atoms with Crippen LogP contribution in [-0.2, 0) is 6.54 Å². The van der Waals surface area contributed by atoms with Crippen LogP contribution in [0.25, 0.3) is 10.9 Å². The number of hydrogen-bond acceptors (Lipinski definition) is 1. The first-order valence-corrected chi connectivity index (χ1v) is 5.82. The molecule has 0 aliphatic rings. The third-order valence-corrected chi connectivity index (χ3v) is 2.30. The summed E-state index contributed by atoms with van der Waals surface area (Å²) < 4.78 is 2.03. The lowest BCUT2D eigenvalue weighted by Crippen LogP contribution is -1.99. The Morgan fingerprint density at radius 1 is 1.31 bits per heavy atom. The summed E-state index contributed by atoms with van der Waals surface area (Å²) in [5, 5.41) is 5.55. The Labute approximate surface area is 97.6 Å². The number of para-hydroxylation sites is 1. The minimum Gasteiger partial charge on any atom is -0.265 e. The second kappa shape index (κ2) is 6.11. The molecule has 0 saturated heterocycles. The van der Waals surface area contributed by atoms with Gasteiger partial charge in [-0.2, -0.15) is 5.10 Å². The maximum atomic E-state index is 4.34. The normalized spacial score (nSPS) is 9.69. The van der Waals surface area contributed by atoms with Gasteiger partial charge in [0.1, 0.15) is 0 Å². The fourth-order valence-electron chi connectivity index (χ4n) is 1.50. The first kappa shape index (κ1) is 12.5. The van der Waals surface area contributed by atoms with Crippen LogP contribution in [0.1, 0.15) is 27.2 Å². The fraction of sp³-hybridized carbons (Fsp3) is 0.357. The zero-order chi connectivity index (χ0) is 12.0. The Kier molecular flexibility index (Phi) is 4.77. The van der Waals surface area contributed by atoms with Gasteiger partial charge in [0.15, 0.2) is 0 Å². The standard InChI is InChI=1S/C12H14N2.C2H6/c1-10(2)7-8-14-12-6-4-3-5-11(12)9-13-14;1-2/h3-6,9H,1,7-8H2,2H3;1-2H3. The van der Waals surface area contributed by atoms with E-state index in [1.165, 1.54) is 16.5 Å². The topological polar surface area (TPSA) is 17.8 Å². The molecule has 0 radical (unpaired) electrons. The smallest absolute Gasteiger partial charge is 0.0682 e. The molecule has 0 aliphatic heterocycles. The van der Waals surface area contributed by atoms with E-state index in [1.807, 2.05) is 43.8 Å². The molecule has 2 aromatic rings. The van der Waals surface area contributed by atoms with Gasteiger partial charge in [-0.05, 0) is 19.4 Å². The van der Waals surface area contributed by atoms with Crippen molar-refractivity contribution in [3.05, 3.63) is 42.6 Å². The average molecular weight is 216 g/mol. The first-order valence-electron chi connectivity index (χ1n) is 5.82. The van der Waals surface area contributed by atoms with Crippen molar-refractivity contribution in [2.24, 2.45) is 0 Å². The molecule has 0 unspecified atom stereocenters. The molecule has 0 saturated carbocycles. The minimum absolute atomic E-state index is 0.919. The van der Waals surface area contributed by atoms with E-state index >= 15 is 0 Å². The van der Waals surface area contributed by atoms with Gasteiger partial charge in [-0.25, -0.2) is 0 Å². The molecular weight excluding hydrogens is 196 g/mol. The van der Waals surface area contributed by atoms with E-state index in [-0.39, 0.29) is 0 Å². The predicted molar refractivity (Wildman–Crippen MR) is 70.5 cm³/mol. The van der Waals surface area contributed by atoms with Gasteiger partial charge in [-0.3, -0.25) is 4.68 Å². The van der Waals surface area contributed by atoms with Crippen LogP contribution in [0, 0.1) is 0 Å². The highest BCUT2D eigenvalue weighted by Gasteiger charge is 2.00. The summed E-state index contributed by atoms with van der Waals surface area (Å²) in [6, 6.07) is 8.26. The third kappa shape index (κ3) is 2.96. The van der Waals surface area contributed by atoms with Crippen LogP contribution in [0.3, 0.4) is 0 Å². The lowest BCUT2D eigenvalue weighted by atomic mass is 10.2. The van der Waals surface area contributed by atoms with Gasteiger partial charge in [-0.15, -0.1) is 6.58 Å². The van der Waals surface area contributed by atoms with E-state index in [2.05, 4.69) is 23.8 Å². The highest BCUT2D eigenvalue weighted by atomic mass is 15.3. The van der Waals surface area contributed by atoms with E-state index in [9.17, 15) is 0 Å². The number of nitrogens with zero attached hydrogens (tertiary/aromatic N) is 2. The molecule has 0 atom stereocenters. The van der Waals surface area contributed by atoms with Crippen LogP contribution < -0.4 is 0 Å². The second-order valence-corrected chi connectivity index (χ2v) is 3.63. The van der Waals surface area contributed by atoms with Crippen molar-refractivity contribution in [1.82, 2.24) is 9.78 Å². The molecular formula is C14H20N2. The summed E-state index contributed by atoms with van der Waals surface area (Å²) in [5.41, 5.74) is 2.40. The molecule has 0 bridgehead atoms. The molecule has 0 fully saturated rings. The van der Waals surface area contributed by atoms with Crippen LogP contribution in [-0.4, -0.2) is 9.78 Å². The highest BCUT2D eigenvalue weighted by molar-refractivity contribution is 5.78. The molecule has 1 aromatic carbocycles. The second-order valence-electron chi connectivity index (χ2n) is 3.63. The van der Waals surface area contributed by atoms with Crippen molar-refractivity contribution >= 4 is 10.9 Å². The van der Waals surface area contributed by atoms with Crippen LogP contribution in [0.4, 0.5) is 0 Å². The van der Waals surface area contributed by atoms with Crippen LogP contribution in [0.2, 0.25) is 0 Å². The Morgan fingerprint density at radius 3 is 2.69 bits per heavy atom. The number of aromatic nitrogens is 2. The fourth-order valence-corrected chi connectivity index (χ4v) is 1.50. The van der Waals surface area contributed by atoms with E-state index < -0.39 is 0 Å². The molecule has 0 N–H and O–H groups in total. The van der Waals surface area contributed by atoms with E-state index in [4.69, 9.17) is 0 Å². The largest absolute Gasteiger partial charge is 0.265 e. The summed E-state index contributed by atoms with van der Waals surface area (Å²) in [6.07, 6.45) is 2.90. The average Bonchev–Trinajstić information content (AvgIpc) is 2.72. The summed E-state index contributed by atoms with van der Waals surface area (Å²) in [4.78, 5) is 0. The van der Waals surface area contributed by atoms with Gasteiger partial charge in [-0.1, -0.05) is 37.6 Å². The number of rotatable bonds is 3. The molecule has 0 aliphatic carbocycles. The van der Waals surface area contributed by atoms with Gasteiger partial charge in [0.2, 0.25) is 0 Å². The molecule has 2 rings (SSSR count). The summed E-state index contributed by atoms with van der Waals surface area (Å²) in [7, 11) is 0. The molecule has 2 nitrogen and oxygen atoms in total. The highest BCUT2D eigenvalue weighted by Crippen LogP contribution is 2.13. The van der Waals surface area contributed by atoms with Crippen molar-refractivity contribution in [2.45, 2.75) is 33.7 Å². The quantitative estimate of drug-likeness (QED) is 0.708. The molecule has 0 amide bonds. The lowest BCUT2D eigenvalue weighted by molar-refractivity contribution is 0.633. The molecule has 86 valence electrons. The first-order chi connectivity index (χ1) is 7.77. The van der Waals surface area contributed by atoms with E-state index in [0.29, 0.717) is 0 Å². The number of allylic oxidation sites excluding steroid dienone is 1. The summed E-state index contributed by atoms with van der Waals surface area (Å²) in [6.45, 7) is 10.9. The maximum absolute atomic E-state index is 4.34. The Morgan fingerprint density at radius 2 is 2.00 bits per heavy atom. The summed E-state index contributed by atoms with van der Waals surface area (Å²) >= 11 is 0. The molecule has 1 aromatic heterocycles. The minimum atomic E-state index is 0.919. The monoisotopic (exact) mass is 216 g/mol. The van der Waals surface area contributed by atoms with Crippen molar-refractivity contribution in [3.8, 4) is 0 Å². The van der Waals surface area contributed by atoms with Crippen LogP contribution in [0.5, 0.6) is 0 Å². The zero-order valence-electron chi connectivity index (χ0n) is 10.4. The molecule has 0 spiro atoms. The van der Waals surface area contributed by atoms with Gasteiger partial charge < -0.3 is 0 Å². The van der Waals surface area contributed by atoms with Crippen LogP contribution >= 0.6 is 0 Å². The van der Waals surface area contributed by atoms with Crippen molar-refractivity contribution in [1.29, 1.82) is 0 Å². The van der Waals surface area contributed by atoms with E-state index in [1.54, 1.807) is 0 Å². The van der Waals surface area contributed by atoms with Gasteiger partial charge >= 0.3 is 0 Å². The number of aryl methyl sites for hydroxylation is 1. The number of fused-ring (bicyclic) bond motifs is 1. The van der Waals surface area contributed by atoms with E-state index in [0.717, 1.165) is 13.0 Å². The van der Waals surface area contributed by atoms with Crippen molar-refractivity contribution < 1.29 is 0 Å².